The van der Waals surface area contributed by atoms with Crippen LogP contribution in [0.4, 0.5) is 0 Å². The molecule has 2 heterocycles. The van der Waals surface area contributed by atoms with Crippen molar-refractivity contribution in [3.63, 3.8) is 0 Å². The van der Waals surface area contributed by atoms with E-state index < -0.39 is 79.2 Å². The number of benzene rings is 3. The highest BCUT2D eigenvalue weighted by atomic mass is 16.7. The first kappa shape index (κ1) is 92.4. The average Bonchev–Trinajstić information content (AvgIpc) is 0.843. The number of carbonyl (C=O) groups excluding carboxylic acids is 7. The number of aliphatic hydroxyl groups excluding tert-OH is 6. The summed E-state index contributed by atoms with van der Waals surface area (Å²) in [5.41, 5.74) is 2.27. The zero-order chi connectivity index (χ0) is 78.5. The van der Waals surface area contributed by atoms with Crippen molar-refractivity contribution in [3.05, 3.63) is 83.9 Å². The molecular formula is C73H112N6O30. The Morgan fingerprint density at radius 3 is 1.20 bits per heavy atom. The molecule has 0 aromatic heterocycles. The summed E-state index contributed by atoms with van der Waals surface area (Å²) in [4.78, 5) is 87.9. The number of ether oxygens (including phenoxy) is 17. The molecule has 5 rings (SSSR count). The smallest absolute Gasteiger partial charge is 0.306 e. The molecule has 109 heavy (non-hydrogen) atoms. The first-order valence-electron chi connectivity index (χ1n) is 36.6. The van der Waals surface area contributed by atoms with E-state index in [0.29, 0.717) is 76.3 Å². The maximum absolute atomic E-state index is 13.6. The minimum Gasteiger partial charge on any atom is -0.484 e. The Balaban J connectivity index is 0.882. The molecule has 3 aromatic rings. The Morgan fingerprint density at radius 1 is 0.358 bits per heavy atom. The lowest BCUT2D eigenvalue weighted by molar-refractivity contribution is -0.294. The van der Waals surface area contributed by atoms with Crippen LogP contribution in [0, 0.1) is 0 Å². The van der Waals surface area contributed by atoms with Gasteiger partial charge >= 0.3 is 5.97 Å². The second-order valence-electron chi connectivity index (χ2n) is 24.6. The first-order valence-corrected chi connectivity index (χ1v) is 36.6. The molecule has 2 aliphatic rings. The predicted molar refractivity (Wildman–Crippen MR) is 384 cm³/mol. The Kier molecular flexibility index (Phi) is 48.2. The highest BCUT2D eigenvalue weighted by Gasteiger charge is 2.43. The van der Waals surface area contributed by atoms with Crippen LogP contribution in [0.15, 0.2) is 72.8 Å². The molecule has 12 N–H and O–H groups in total. The van der Waals surface area contributed by atoms with Crippen LogP contribution < -0.4 is 41.4 Å². The van der Waals surface area contributed by atoms with Crippen LogP contribution in [0.1, 0.15) is 61.9 Å². The summed E-state index contributed by atoms with van der Waals surface area (Å²) in [5, 5.41) is 75.7. The lowest BCUT2D eigenvalue weighted by atomic mass is 10.0. The van der Waals surface area contributed by atoms with Crippen molar-refractivity contribution in [1.82, 2.24) is 31.9 Å². The molecule has 0 spiro atoms. The Labute approximate surface area is 634 Å². The molecule has 6 amide bonds. The SMILES string of the molecule is C[C@@H]1O[C@@H](OCCOCCNC(=O)CCOCCOCCOCCOCCNC(=O)COc2ccc(-c3cc(OCC(=O)NCCOCCOCCOCCOCCC(=O)NCCOCCO[C@@H]4O[C@@H](C)[C@H](O)[C@@H](O)[C@H]4O)cc(C(=O)NCCNC(=O)CCCC(=O)OCc4ccccc4)c3)cc2)[C@H](O)[C@H](O)[C@H]1O. The number of amides is 6. The molecule has 10 atom stereocenters. The lowest BCUT2D eigenvalue weighted by Crippen LogP contribution is -2.57. The quantitative estimate of drug-likeness (QED) is 0.0214. The molecule has 2 saturated heterocycles. The number of hydrogen-bond donors (Lipinski definition) is 12. The van der Waals surface area contributed by atoms with Gasteiger partial charge in [-0.15, -0.1) is 0 Å². The van der Waals surface area contributed by atoms with Gasteiger partial charge in [-0.2, -0.15) is 0 Å². The molecule has 0 aliphatic carbocycles. The Hall–Kier alpha value is -7.25. The van der Waals surface area contributed by atoms with E-state index in [0.717, 1.165) is 5.56 Å². The number of hydrogen-bond acceptors (Lipinski definition) is 30. The van der Waals surface area contributed by atoms with E-state index in [4.69, 9.17) is 80.5 Å². The molecule has 3 aromatic carbocycles. The standard InChI is InChI=1S/C73H112N6O30/c1-51-65(86)67(88)69(90)72(108-51)103-43-41-97-25-19-75-60(81)15-23-93-29-33-99-37-39-101-35-31-95-27-21-77-62(83)49-105-57-13-11-54(12-14-57)55-45-56(71(92)79-18-17-74-59(80)9-6-10-64(85)107-48-53-7-4-3-5-8-53)47-58(46-55)106-50-63(84)78-22-28-96-32-36-102-40-38-100-34-30-94-24-16-61(82)76-20-26-98-42-44-104-73-70(91)68(89)66(87)52(2)109-73/h3-5,7-8,11-14,45-47,51-52,65-70,72-73,86-91H,6,9-10,15-44,48-50H2,1-2H3,(H,74,80)(H,75,81)(H,76,82)(H,77,83)(H,78,84)(H,79,92)/t51-,52-,65-,66-,67+,68+,69+,70+,72+,73+/m0/s1. The van der Waals surface area contributed by atoms with E-state index in [9.17, 15) is 64.2 Å². The number of rotatable bonds is 61. The fourth-order valence-electron chi connectivity index (χ4n) is 9.93. The van der Waals surface area contributed by atoms with Gasteiger partial charge in [-0.05, 0) is 67.3 Å². The summed E-state index contributed by atoms with van der Waals surface area (Å²) in [6.07, 6.45) is -10.8. The van der Waals surface area contributed by atoms with Crippen LogP contribution in [0.3, 0.4) is 0 Å². The van der Waals surface area contributed by atoms with Crippen molar-refractivity contribution < 1.29 is 145 Å². The third kappa shape index (κ3) is 41.0. The molecule has 0 saturated carbocycles. The number of carbonyl (C=O) groups is 7. The van der Waals surface area contributed by atoms with Crippen LogP contribution in [-0.2, 0) is 106 Å². The Bertz CT molecular complexity index is 3000. The summed E-state index contributed by atoms with van der Waals surface area (Å²) in [7, 11) is 0. The third-order valence-corrected chi connectivity index (χ3v) is 15.9. The second-order valence-corrected chi connectivity index (χ2v) is 24.6. The second kappa shape index (κ2) is 56.9. The van der Waals surface area contributed by atoms with Gasteiger partial charge in [0.15, 0.2) is 25.8 Å². The van der Waals surface area contributed by atoms with E-state index in [-0.39, 0.29) is 212 Å². The maximum Gasteiger partial charge on any atom is 0.306 e. The fraction of sp³-hybridized carbons (Fsp3) is 0.658. The molecule has 0 radical (unpaired) electrons. The fourth-order valence-corrected chi connectivity index (χ4v) is 9.93. The van der Waals surface area contributed by atoms with Gasteiger partial charge in [0.25, 0.3) is 17.7 Å². The third-order valence-electron chi connectivity index (χ3n) is 15.9. The van der Waals surface area contributed by atoms with Crippen LogP contribution in [0.5, 0.6) is 11.5 Å². The van der Waals surface area contributed by atoms with Crippen LogP contribution in [0.25, 0.3) is 11.1 Å². The minimum atomic E-state index is -1.40. The van der Waals surface area contributed by atoms with E-state index >= 15 is 0 Å². The highest BCUT2D eigenvalue weighted by Crippen LogP contribution is 2.29. The number of aliphatic hydroxyl groups is 6. The molecular weight excluding hydrogens is 1440 g/mol. The predicted octanol–water partition coefficient (Wildman–Crippen LogP) is -2.03. The Morgan fingerprint density at radius 2 is 0.743 bits per heavy atom. The van der Waals surface area contributed by atoms with Gasteiger partial charge in [0.2, 0.25) is 17.7 Å². The van der Waals surface area contributed by atoms with Gasteiger partial charge < -0.3 is 143 Å². The van der Waals surface area contributed by atoms with Gasteiger partial charge in [-0.25, -0.2) is 0 Å². The number of nitrogens with one attached hydrogen (secondary N) is 6. The molecule has 36 heteroatoms. The highest BCUT2D eigenvalue weighted by molar-refractivity contribution is 5.96. The van der Waals surface area contributed by atoms with Crippen molar-refractivity contribution in [2.75, 3.05) is 198 Å². The molecule has 0 bridgehead atoms. The molecule has 36 nitrogen and oxygen atoms in total. The summed E-state index contributed by atoms with van der Waals surface area (Å²) >= 11 is 0. The zero-order valence-corrected chi connectivity index (χ0v) is 62.1. The van der Waals surface area contributed by atoms with Gasteiger partial charge in [0.1, 0.15) is 54.7 Å². The minimum absolute atomic E-state index is 0.0679. The summed E-state index contributed by atoms with van der Waals surface area (Å²) in [5.74, 6) is -1.83. The van der Waals surface area contributed by atoms with Crippen molar-refractivity contribution in [3.8, 4) is 22.6 Å². The zero-order valence-electron chi connectivity index (χ0n) is 62.1. The van der Waals surface area contributed by atoms with Gasteiger partial charge in [-0.3, -0.25) is 33.6 Å². The van der Waals surface area contributed by atoms with Crippen molar-refractivity contribution in [2.24, 2.45) is 0 Å². The van der Waals surface area contributed by atoms with Crippen LogP contribution in [-0.4, -0.2) is 331 Å². The molecule has 614 valence electrons. The largest absolute Gasteiger partial charge is 0.484 e. The monoisotopic (exact) mass is 1550 g/mol. The molecule has 2 aliphatic heterocycles. The van der Waals surface area contributed by atoms with Gasteiger partial charge in [0.05, 0.1) is 158 Å². The van der Waals surface area contributed by atoms with E-state index in [1.807, 2.05) is 30.3 Å². The lowest BCUT2D eigenvalue weighted by Gasteiger charge is -2.38. The van der Waals surface area contributed by atoms with Crippen LogP contribution >= 0.6 is 0 Å². The van der Waals surface area contributed by atoms with E-state index in [1.165, 1.54) is 6.07 Å². The van der Waals surface area contributed by atoms with Crippen molar-refractivity contribution >= 4 is 41.4 Å². The normalized spacial score (nSPS) is 19.7. The summed E-state index contributed by atoms with van der Waals surface area (Å²) in [6.45, 7) is 9.10. The molecule has 2 fully saturated rings. The van der Waals surface area contributed by atoms with E-state index in [2.05, 4.69) is 31.9 Å². The van der Waals surface area contributed by atoms with Gasteiger partial charge in [0, 0.05) is 70.5 Å². The molecule has 0 unspecified atom stereocenters. The number of esters is 1. The van der Waals surface area contributed by atoms with E-state index in [1.54, 1.807) is 50.2 Å². The summed E-state index contributed by atoms with van der Waals surface area (Å²) < 4.78 is 93.3. The van der Waals surface area contributed by atoms with Crippen LogP contribution in [0.2, 0.25) is 0 Å². The van der Waals surface area contributed by atoms with Gasteiger partial charge in [-0.1, -0.05) is 42.5 Å². The topological polar surface area (TPSA) is 470 Å². The van der Waals surface area contributed by atoms with Crippen molar-refractivity contribution in [1.29, 1.82) is 0 Å². The summed E-state index contributed by atoms with van der Waals surface area (Å²) in [6, 6.07) is 20.8. The first-order chi connectivity index (χ1) is 52.9. The maximum atomic E-state index is 13.6. The van der Waals surface area contributed by atoms with Crippen molar-refractivity contribution in [2.45, 2.75) is 114 Å². The average molecular weight is 1550 g/mol.